The van der Waals surface area contributed by atoms with Gasteiger partial charge in [0.15, 0.2) is 5.82 Å². The van der Waals surface area contributed by atoms with Gasteiger partial charge in [-0.25, -0.2) is 22.8 Å². The van der Waals surface area contributed by atoms with E-state index in [2.05, 4.69) is 14.9 Å². The molecule has 0 N–H and O–H groups in total. The molecule has 7 nitrogen and oxygen atoms in total. The van der Waals surface area contributed by atoms with Crippen LogP contribution in [0.5, 0.6) is 17.6 Å². The minimum Gasteiger partial charge on any atom is -0.481 e. The van der Waals surface area contributed by atoms with Crippen molar-refractivity contribution >= 4 is 17.3 Å². The van der Waals surface area contributed by atoms with Gasteiger partial charge in [0.25, 0.3) is 0 Å². The lowest BCUT2D eigenvalue weighted by atomic mass is 9.81. The Morgan fingerprint density at radius 2 is 1.87 bits per heavy atom. The normalized spacial score (nSPS) is 24.3. The number of hydrogen-bond donors (Lipinski definition) is 0. The molecule has 1 aliphatic heterocycles. The largest absolute Gasteiger partial charge is 0.481 e. The minimum absolute atomic E-state index is 0.0671. The van der Waals surface area contributed by atoms with Gasteiger partial charge in [0.05, 0.1) is 12.1 Å². The van der Waals surface area contributed by atoms with Crippen LogP contribution in [-0.2, 0) is 13.0 Å². The van der Waals surface area contributed by atoms with Crippen molar-refractivity contribution in [3.8, 4) is 17.6 Å². The summed E-state index contributed by atoms with van der Waals surface area (Å²) in [5.74, 6) is -0.405. The van der Waals surface area contributed by atoms with Crippen molar-refractivity contribution in [3.63, 3.8) is 0 Å². The van der Waals surface area contributed by atoms with Crippen LogP contribution in [0.2, 0.25) is 5.02 Å². The van der Waals surface area contributed by atoms with E-state index in [1.54, 1.807) is 18.0 Å². The smallest absolute Gasteiger partial charge is 0.320 e. The molecule has 2 aliphatic carbocycles. The van der Waals surface area contributed by atoms with Crippen LogP contribution in [0.15, 0.2) is 36.5 Å². The minimum atomic E-state index is -2.62. The van der Waals surface area contributed by atoms with Gasteiger partial charge < -0.3 is 14.4 Å². The highest BCUT2D eigenvalue weighted by atomic mass is 35.5. The number of methoxy groups -OCH3 is 1. The van der Waals surface area contributed by atoms with Crippen molar-refractivity contribution in [2.45, 2.75) is 44.6 Å². The van der Waals surface area contributed by atoms with Crippen molar-refractivity contribution in [2.24, 2.45) is 23.7 Å². The number of piperidine rings is 1. The fourth-order valence-corrected chi connectivity index (χ4v) is 6.43. The molecule has 1 unspecified atom stereocenters. The number of anilines is 1. The summed E-state index contributed by atoms with van der Waals surface area (Å²) in [6, 6.07) is 8.25. The van der Waals surface area contributed by atoms with Gasteiger partial charge in [-0.1, -0.05) is 11.6 Å². The molecule has 6 rings (SSSR count). The van der Waals surface area contributed by atoms with Crippen LogP contribution in [0.3, 0.4) is 0 Å². The number of hydrogen-bond acceptors (Lipinski definition) is 6. The fraction of sp³-hybridized carbons (Fsp3) is 0.519. The number of fused-ring (bicyclic) bond motifs is 2. The number of rotatable bonds is 8. The molecule has 38 heavy (non-hydrogen) atoms. The number of pyridine rings is 1. The monoisotopic (exact) mass is 547 g/mol. The van der Waals surface area contributed by atoms with E-state index in [-0.39, 0.29) is 29.8 Å². The summed E-state index contributed by atoms with van der Waals surface area (Å²) in [4.78, 5) is 11.3. The summed E-state index contributed by atoms with van der Waals surface area (Å²) in [5.41, 5.74) is 1.11. The molecule has 2 bridgehead atoms. The van der Waals surface area contributed by atoms with E-state index >= 15 is 0 Å². The van der Waals surface area contributed by atoms with Crippen LogP contribution >= 0.6 is 11.6 Å². The first-order valence-corrected chi connectivity index (χ1v) is 13.3. The molecular weight excluding hydrogens is 519 g/mol. The van der Waals surface area contributed by atoms with Crippen LogP contribution in [0.25, 0.3) is 0 Å². The number of nitrogens with zero attached hydrogens (tertiary/aromatic N) is 5. The highest BCUT2D eigenvalue weighted by Crippen LogP contribution is 2.46. The Kier molecular flexibility index (Phi) is 6.62. The van der Waals surface area contributed by atoms with Crippen LogP contribution in [-0.4, -0.2) is 45.9 Å². The molecule has 3 atom stereocenters. The lowest BCUT2D eigenvalue weighted by Gasteiger charge is -2.39. The number of aromatic nitrogens is 4. The van der Waals surface area contributed by atoms with Crippen LogP contribution in [0, 0.1) is 29.5 Å². The Hall–Kier alpha value is -3.01. The Labute approximate surface area is 223 Å². The Morgan fingerprint density at radius 3 is 2.55 bits per heavy atom. The van der Waals surface area contributed by atoms with Gasteiger partial charge >= 0.3 is 6.01 Å². The van der Waals surface area contributed by atoms with Crippen molar-refractivity contribution in [3.05, 3.63) is 53.2 Å². The zero-order valence-electron chi connectivity index (χ0n) is 21.0. The van der Waals surface area contributed by atoms with E-state index in [4.69, 9.17) is 26.2 Å². The van der Waals surface area contributed by atoms with Crippen LogP contribution in [0.4, 0.5) is 18.9 Å². The fourth-order valence-electron chi connectivity index (χ4n) is 6.26. The summed E-state index contributed by atoms with van der Waals surface area (Å²) >= 11 is 5.92. The molecule has 0 radical (unpaired) electrons. The Balaban J connectivity index is 1.19. The highest BCUT2D eigenvalue weighted by Gasteiger charge is 2.46. The second kappa shape index (κ2) is 9.94. The molecule has 1 saturated heterocycles. The van der Waals surface area contributed by atoms with Crippen molar-refractivity contribution in [1.29, 1.82) is 0 Å². The van der Waals surface area contributed by atoms with Gasteiger partial charge in [-0.3, -0.25) is 0 Å². The Morgan fingerprint density at radius 1 is 1.11 bits per heavy atom. The quantitative estimate of drug-likeness (QED) is 0.344. The average molecular weight is 548 g/mol. The maximum Gasteiger partial charge on any atom is 0.320 e. The maximum absolute atomic E-state index is 13.6. The molecule has 2 saturated carbocycles. The molecule has 1 aromatic carbocycles. The van der Waals surface area contributed by atoms with E-state index in [9.17, 15) is 13.2 Å². The first kappa shape index (κ1) is 25.3. The highest BCUT2D eigenvalue weighted by molar-refractivity contribution is 6.30. The lowest BCUT2D eigenvalue weighted by Crippen LogP contribution is -2.42. The predicted octanol–water partition coefficient (Wildman–Crippen LogP) is 6.02. The first-order valence-electron chi connectivity index (χ1n) is 13.0. The maximum atomic E-state index is 13.6. The van der Waals surface area contributed by atoms with Crippen LogP contribution in [0.1, 0.15) is 31.5 Å². The van der Waals surface area contributed by atoms with Crippen molar-refractivity contribution in [1.82, 2.24) is 19.7 Å². The number of ether oxygens (including phenoxy) is 2. The molecule has 3 aliphatic rings. The standard InChI is InChI=1S/C27H29ClF3N5O2/c1-37-25-8-19(6-7-32-25)35-14-17-2-3-18(15-35)21(17)10-24-33-26(38-20-4-5-23(29)22(28)9-20)36(34-24)13-16-11-27(30,31)12-16/h4-9,16-18,21H,2-3,10-15H2,1H3/t17-,18+,21?. The van der Waals surface area contributed by atoms with E-state index in [1.165, 1.54) is 18.2 Å². The topological polar surface area (TPSA) is 65.3 Å². The molecule has 11 heteroatoms. The third kappa shape index (κ3) is 5.15. The van der Waals surface area contributed by atoms with Gasteiger partial charge in [-0.15, -0.1) is 0 Å². The molecular formula is C27H29ClF3N5O2. The third-order valence-electron chi connectivity index (χ3n) is 8.13. The van der Waals surface area contributed by atoms with Crippen LogP contribution < -0.4 is 14.4 Å². The predicted molar refractivity (Wildman–Crippen MR) is 136 cm³/mol. The zero-order valence-corrected chi connectivity index (χ0v) is 21.8. The second-order valence-electron chi connectivity index (χ2n) is 10.7. The van der Waals surface area contributed by atoms with E-state index in [0.29, 0.717) is 48.2 Å². The van der Waals surface area contributed by atoms with Gasteiger partial charge in [-0.05, 0) is 54.7 Å². The Bertz CT molecular complexity index is 1300. The molecule has 3 fully saturated rings. The summed E-state index contributed by atoms with van der Waals surface area (Å²) in [7, 11) is 1.62. The second-order valence-corrected chi connectivity index (χ2v) is 11.1. The third-order valence-corrected chi connectivity index (χ3v) is 8.42. The summed E-state index contributed by atoms with van der Waals surface area (Å²) in [5, 5.41) is 4.63. The molecule has 202 valence electrons. The van der Waals surface area contributed by atoms with Gasteiger partial charge in [0.1, 0.15) is 11.6 Å². The molecule has 3 heterocycles. The number of alkyl halides is 2. The average Bonchev–Trinajstić information content (AvgIpc) is 3.34. The molecule has 0 spiro atoms. The van der Waals surface area contributed by atoms with Gasteiger partial charge in [0, 0.05) is 62.9 Å². The van der Waals surface area contributed by atoms with Crippen molar-refractivity contribution < 1.29 is 22.6 Å². The summed E-state index contributed by atoms with van der Waals surface area (Å²) in [6.07, 6.45) is 4.40. The molecule has 2 aromatic heterocycles. The van der Waals surface area contributed by atoms with E-state index < -0.39 is 11.7 Å². The lowest BCUT2D eigenvalue weighted by molar-refractivity contribution is -0.115. The van der Waals surface area contributed by atoms with Crippen molar-refractivity contribution in [2.75, 3.05) is 25.1 Å². The van der Waals surface area contributed by atoms with E-state index in [0.717, 1.165) is 31.6 Å². The molecule has 3 aromatic rings. The number of benzene rings is 1. The number of halogens is 4. The summed E-state index contributed by atoms with van der Waals surface area (Å²) < 4.78 is 53.4. The molecule has 0 amide bonds. The first-order chi connectivity index (χ1) is 18.3. The zero-order chi connectivity index (χ0) is 26.4. The van der Waals surface area contributed by atoms with Gasteiger partial charge in [-0.2, -0.15) is 10.1 Å². The summed E-state index contributed by atoms with van der Waals surface area (Å²) in [6.45, 7) is 2.16. The SMILES string of the molecule is COc1cc(N2C[C@H]3CC[C@@H](C2)C3Cc2nc(Oc3ccc(F)c(Cl)c3)n(CC3CC(F)(F)C3)n2)ccn1. The van der Waals surface area contributed by atoms with Gasteiger partial charge in [0.2, 0.25) is 11.8 Å². The van der Waals surface area contributed by atoms with E-state index in [1.807, 2.05) is 12.1 Å².